The largest absolute Gasteiger partial charge is 0.372 e. The first-order chi connectivity index (χ1) is 10.3. The third kappa shape index (κ3) is 5.16. The van der Waals surface area contributed by atoms with Crippen molar-refractivity contribution in [3.05, 3.63) is 17.7 Å². The minimum Gasteiger partial charge on any atom is -0.372 e. The minimum atomic E-state index is 0.146. The second-order valence-corrected chi connectivity index (χ2v) is 5.63. The van der Waals surface area contributed by atoms with Crippen molar-refractivity contribution >= 4 is 5.91 Å². The number of aryl methyl sites for hydroxylation is 1. The van der Waals surface area contributed by atoms with Crippen LogP contribution in [0, 0.1) is 0 Å². The predicted molar refractivity (Wildman–Crippen MR) is 82.0 cm³/mol. The number of imidazole rings is 1. The van der Waals surface area contributed by atoms with Gasteiger partial charge in [0.05, 0.1) is 6.61 Å². The summed E-state index contributed by atoms with van der Waals surface area (Å²) in [6, 6.07) is 0. The molecule has 0 aliphatic carbocycles. The molecule has 0 atom stereocenters. The number of ether oxygens (including phenoxy) is 1. The first-order valence-electron chi connectivity index (χ1n) is 8.19. The molecule has 5 nitrogen and oxygen atoms in total. The van der Waals surface area contributed by atoms with Crippen molar-refractivity contribution in [3.63, 3.8) is 0 Å². The number of amides is 1. The van der Waals surface area contributed by atoms with Gasteiger partial charge in [0.2, 0.25) is 5.91 Å². The fourth-order valence-electron chi connectivity index (χ4n) is 2.65. The Labute approximate surface area is 127 Å². The molecule has 118 valence electrons. The molecule has 0 fully saturated rings. The van der Waals surface area contributed by atoms with Crippen LogP contribution >= 0.6 is 0 Å². The zero-order chi connectivity index (χ0) is 14.9. The molecule has 0 saturated carbocycles. The van der Waals surface area contributed by atoms with E-state index in [2.05, 4.69) is 21.8 Å². The molecule has 0 radical (unpaired) electrons. The molecular formula is C16H27N3O2. The van der Waals surface area contributed by atoms with Gasteiger partial charge in [0.1, 0.15) is 12.4 Å². The van der Waals surface area contributed by atoms with Crippen molar-refractivity contribution in [1.29, 1.82) is 0 Å². The van der Waals surface area contributed by atoms with Crippen LogP contribution in [0.3, 0.4) is 0 Å². The van der Waals surface area contributed by atoms with Gasteiger partial charge in [-0.1, -0.05) is 32.6 Å². The SMILES string of the molecule is CCCCCCCNC(=O)CCc1cnc2n1CCOC2. The maximum Gasteiger partial charge on any atom is 0.220 e. The number of carbonyl (C=O) groups is 1. The third-order valence-electron chi connectivity index (χ3n) is 3.92. The standard InChI is InChI=1S/C16H27N3O2/c1-2-3-4-5-6-9-17-16(20)8-7-14-12-18-15-13-21-11-10-19(14)15/h12H,2-11,13H2,1H3,(H,17,20). The fraction of sp³-hybridized carbons (Fsp3) is 0.750. The van der Waals surface area contributed by atoms with Gasteiger partial charge in [-0.3, -0.25) is 4.79 Å². The van der Waals surface area contributed by atoms with E-state index in [1.54, 1.807) is 0 Å². The lowest BCUT2D eigenvalue weighted by Gasteiger charge is -2.16. The Bertz CT molecular complexity index is 443. The van der Waals surface area contributed by atoms with Crippen molar-refractivity contribution < 1.29 is 9.53 Å². The molecule has 2 heterocycles. The Morgan fingerprint density at radius 3 is 3.10 bits per heavy atom. The molecule has 0 aromatic carbocycles. The molecule has 1 N–H and O–H groups in total. The normalized spacial score (nSPS) is 14.0. The number of hydrogen-bond acceptors (Lipinski definition) is 3. The number of nitrogens with zero attached hydrogens (tertiary/aromatic N) is 2. The van der Waals surface area contributed by atoms with E-state index in [9.17, 15) is 4.79 Å². The van der Waals surface area contributed by atoms with Crippen LogP contribution in [0.1, 0.15) is 57.0 Å². The Kier molecular flexibility index (Phi) is 6.73. The first kappa shape index (κ1) is 16.0. The summed E-state index contributed by atoms with van der Waals surface area (Å²) >= 11 is 0. The van der Waals surface area contributed by atoms with Gasteiger partial charge in [0.25, 0.3) is 0 Å². The highest BCUT2D eigenvalue weighted by atomic mass is 16.5. The van der Waals surface area contributed by atoms with Crippen LogP contribution in [-0.4, -0.2) is 28.6 Å². The molecule has 0 saturated heterocycles. The van der Waals surface area contributed by atoms with Crippen LogP contribution in [0.25, 0.3) is 0 Å². The summed E-state index contributed by atoms with van der Waals surface area (Å²) in [5.41, 5.74) is 1.14. The molecule has 1 aromatic rings. The average Bonchev–Trinajstić information content (AvgIpc) is 2.92. The van der Waals surface area contributed by atoms with E-state index in [-0.39, 0.29) is 5.91 Å². The molecule has 1 aliphatic heterocycles. The van der Waals surface area contributed by atoms with Crippen molar-refractivity contribution in [2.24, 2.45) is 0 Å². The van der Waals surface area contributed by atoms with Crippen molar-refractivity contribution in [1.82, 2.24) is 14.9 Å². The molecule has 0 unspecified atom stereocenters. The lowest BCUT2D eigenvalue weighted by atomic mass is 10.1. The fourth-order valence-corrected chi connectivity index (χ4v) is 2.65. The number of rotatable bonds is 9. The quantitative estimate of drug-likeness (QED) is 0.711. The van der Waals surface area contributed by atoms with Crippen LogP contribution in [-0.2, 0) is 29.1 Å². The third-order valence-corrected chi connectivity index (χ3v) is 3.92. The second-order valence-electron chi connectivity index (χ2n) is 5.63. The number of fused-ring (bicyclic) bond motifs is 1. The van der Waals surface area contributed by atoms with Crippen LogP contribution in [0.15, 0.2) is 6.20 Å². The summed E-state index contributed by atoms with van der Waals surface area (Å²) in [6.45, 7) is 5.19. The van der Waals surface area contributed by atoms with Crippen molar-refractivity contribution in [2.75, 3.05) is 13.2 Å². The molecule has 21 heavy (non-hydrogen) atoms. The highest BCUT2D eigenvalue weighted by Crippen LogP contribution is 2.13. The van der Waals surface area contributed by atoms with Crippen LogP contribution in [0.2, 0.25) is 0 Å². The topological polar surface area (TPSA) is 56.2 Å². The predicted octanol–water partition coefficient (Wildman–Crippen LogP) is 2.43. The number of aromatic nitrogens is 2. The second kappa shape index (κ2) is 8.82. The number of unbranched alkanes of at least 4 members (excludes halogenated alkanes) is 4. The summed E-state index contributed by atoms with van der Waals surface area (Å²) < 4.78 is 7.55. The van der Waals surface area contributed by atoms with E-state index >= 15 is 0 Å². The summed E-state index contributed by atoms with van der Waals surface area (Å²) in [5, 5.41) is 3.01. The van der Waals surface area contributed by atoms with E-state index in [0.29, 0.717) is 13.0 Å². The molecule has 2 rings (SSSR count). The van der Waals surface area contributed by atoms with E-state index in [1.807, 2.05) is 6.20 Å². The Morgan fingerprint density at radius 1 is 1.38 bits per heavy atom. The van der Waals surface area contributed by atoms with Gasteiger partial charge < -0.3 is 14.6 Å². The highest BCUT2D eigenvalue weighted by molar-refractivity contribution is 5.76. The number of hydrogen-bond donors (Lipinski definition) is 1. The van der Waals surface area contributed by atoms with E-state index in [1.165, 1.54) is 25.7 Å². The van der Waals surface area contributed by atoms with E-state index in [4.69, 9.17) is 4.74 Å². The van der Waals surface area contributed by atoms with Gasteiger partial charge in [0.15, 0.2) is 0 Å². The molecular weight excluding hydrogens is 266 g/mol. The maximum absolute atomic E-state index is 11.8. The van der Waals surface area contributed by atoms with E-state index < -0.39 is 0 Å². The zero-order valence-electron chi connectivity index (χ0n) is 13.1. The lowest BCUT2D eigenvalue weighted by Crippen LogP contribution is -2.25. The lowest BCUT2D eigenvalue weighted by molar-refractivity contribution is -0.121. The summed E-state index contributed by atoms with van der Waals surface area (Å²) in [5.74, 6) is 1.13. The van der Waals surface area contributed by atoms with Crippen molar-refractivity contribution in [2.45, 2.75) is 65.0 Å². The van der Waals surface area contributed by atoms with Gasteiger partial charge in [0, 0.05) is 31.4 Å². The van der Waals surface area contributed by atoms with Gasteiger partial charge in [-0.05, 0) is 12.8 Å². The zero-order valence-corrected chi connectivity index (χ0v) is 13.1. The first-order valence-corrected chi connectivity index (χ1v) is 8.19. The van der Waals surface area contributed by atoms with Gasteiger partial charge in [-0.15, -0.1) is 0 Å². The van der Waals surface area contributed by atoms with Gasteiger partial charge in [-0.2, -0.15) is 0 Å². The molecule has 1 aromatic heterocycles. The van der Waals surface area contributed by atoms with Crippen molar-refractivity contribution in [3.8, 4) is 0 Å². The maximum atomic E-state index is 11.8. The Hall–Kier alpha value is -1.36. The summed E-state index contributed by atoms with van der Waals surface area (Å²) in [6.07, 6.45) is 9.31. The summed E-state index contributed by atoms with van der Waals surface area (Å²) in [4.78, 5) is 16.2. The molecule has 1 amide bonds. The number of nitrogens with one attached hydrogen (secondary N) is 1. The Morgan fingerprint density at radius 2 is 2.24 bits per heavy atom. The average molecular weight is 293 g/mol. The van der Waals surface area contributed by atoms with Gasteiger partial charge in [-0.25, -0.2) is 4.98 Å². The highest BCUT2D eigenvalue weighted by Gasteiger charge is 2.14. The molecule has 0 spiro atoms. The van der Waals surface area contributed by atoms with Crippen LogP contribution in [0.4, 0.5) is 0 Å². The van der Waals surface area contributed by atoms with Crippen LogP contribution in [0.5, 0.6) is 0 Å². The monoisotopic (exact) mass is 293 g/mol. The summed E-state index contributed by atoms with van der Waals surface area (Å²) in [7, 11) is 0. The molecule has 5 heteroatoms. The smallest absolute Gasteiger partial charge is 0.220 e. The number of carbonyl (C=O) groups excluding carboxylic acids is 1. The molecule has 0 bridgehead atoms. The minimum absolute atomic E-state index is 0.146. The Balaban J connectivity index is 1.62. The van der Waals surface area contributed by atoms with E-state index in [0.717, 1.165) is 44.1 Å². The van der Waals surface area contributed by atoms with Crippen LogP contribution < -0.4 is 5.32 Å². The van der Waals surface area contributed by atoms with Gasteiger partial charge >= 0.3 is 0 Å². The molecule has 1 aliphatic rings.